The lowest BCUT2D eigenvalue weighted by Crippen LogP contribution is -2.17. The molecule has 0 saturated heterocycles. The normalized spacial score (nSPS) is 10.9. The van der Waals surface area contributed by atoms with Gasteiger partial charge in [0, 0.05) is 29.0 Å². The molecule has 0 atom stereocenters. The number of nitrogens with one attached hydrogen (secondary N) is 1. The van der Waals surface area contributed by atoms with Crippen LogP contribution in [0, 0.1) is 0 Å². The fourth-order valence-corrected chi connectivity index (χ4v) is 2.31. The van der Waals surface area contributed by atoms with Crippen molar-refractivity contribution < 1.29 is 13.5 Å². The molecule has 6 heteroatoms. The highest BCUT2D eigenvalue weighted by Gasteiger charge is 2.09. The number of alkyl halides is 2. The fraction of sp³-hybridized carbons (Fsp3) is 0.267. The van der Waals surface area contributed by atoms with Gasteiger partial charge in [-0.15, -0.1) is 0 Å². The molecule has 2 aromatic rings. The number of hydrogen-bond donors (Lipinski definition) is 1. The van der Waals surface area contributed by atoms with Crippen LogP contribution in [-0.4, -0.2) is 18.1 Å². The predicted molar refractivity (Wildman–Crippen MR) is 80.4 cm³/mol. The lowest BCUT2D eigenvalue weighted by molar-refractivity contribution is -0.0505. The number of benzene rings is 1. The molecule has 1 aromatic heterocycles. The summed E-state index contributed by atoms with van der Waals surface area (Å²) in [6.45, 7) is -1.61. The first-order valence-electron chi connectivity index (χ1n) is 6.48. The van der Waals surface area contributed by atoms with Crippen molar-refractivity contribution >= 4 is 15.9 Å². The monoisotopic (exact) mass is 356 g/mol. The Hall–Kier alpha value is -1.53. The lowest BCUT2D eigenvalue weighted by atomic mass is 10.2. The zero-order chi connectivity index (χ0) is 15.1. The van der Waals surface area contributed by atoms with Crippen LogP contribution < -0.4 is 10.1 Å². The van der Waals surface area contributed by atoms with E-state index in [4.69, 9.17) is 0 Å². The second-order valence-corrected chi connectivity index (χ2v) is 5.33. The van der Waals surface area contributed by atoms with Gasteiger partial charge in [0.1, 0.15) is 5.75 Å². The summed E-state index contributed by atoms with van der Waals surface area (Å²) in [6.07, 6.45) is 4.35. The first kappa shape index (κ1) is 15.9. The SMILES string of the molecule is FC(F)Oc1ccc(Br)cc1CNCCc1ccncc1. The van der Waals surface area contributed by atoms with Crippen LogP contribution in [0.3, 0.4) is 0 Å². The zero-order valence-corrected chi connectivity index (χ0v) is 12.8. The first-order valence-corrected chi connectivity index (χ1v) is 7.27. The minimum absolute atomic E-state index is 0.199. The van der Waals surface area contributed by atoms with Gasteiger partial charge < -0.3 is 10.1 Å². The van der Waals surface area contributed by atoms with Gasteiger partial charge in [-0.1, -0.05) is 15.9 Å². The molecule has 0 saturated carbocycles. The minimum Gasteiger partial charge on any atom is -0.434 e. The molecule has 0 aliphatic rings. The van der Waals surface area contributed by atoms with Crippen LogP contribution in [0.15, 0.2) is 47.2 Å². The van der Waals surface area contributed by atoms with Crippen LogP contribution >= 0.6 is 15.9 Å². The van der Waals surface area contributed by atoms with Crippen molar-refractivity contribution in [2.75, 3.05) is 6.54 Å². The molecule has 0 unspecified atom stereocenters. The summed E-state index contributed by atoms with van der Waals surface area (Å²) in [5.41, 5.74) is 1.87. The van der Waals surface area contributed by atoms with E-state index < -0.39 is 6.61 Å². The Labute approximate surface area is 130 Å². The van der Waals surface area contributed by atoms with E-state index >= 15 is 0 Å². The molecule has 3 nitrogen and oxygen atoms in total. The number of ether oxygens (including phenoxy) is 1. The average Bonchev–Trinajstić information content (AvgIpc) is 2.47. The molecular formula is C15H15BrF2N2O. The summed E-state index contributed by atoms with van der Waals surface area (Å²) >= 11 is 3.33. The van der Waals surface area contributed by atoms with Crippen LogP contribution in [0.2, 0.25) is 0 Å². The average molecular weight is 357 g/mol. The van der Waals surface area contributed by atoms with Gasteiger partial charge in [-0.25, -0.2) is 0 Å². The Balaban J connectivity index is 1.88. The van der Waals surface area contributed by atoms with Crippen molar-refractivity contribution in [1.29, 1.82) is 0 Å². The number of hydrogen-bond acceptors (Lipinski definition) is 3. The van der Waals surface area contributed by atoms with Crippen molar-refractivity contribution in [3.63, 3.8) is 0 Å². The lowest BCUT2D eigenvalue weighted by Gasteiger charge is -2.12. The number of pyridine rings is 1. The molecule has 21 heavy (non-hydrogen) atoms. The Bertz CT molecular complexity index is 567. The van der Waals surface area contributed by atoms with Crippen LogP contribution in [0.25, 0.3) is 0 Å². The Morgan fingerprint density at radius 1 is 1.19 bits per heavy atom. The molecule has 0 spiro atoms. The molecule has 1 N–H and O–H groups in total. The molecule has 0 aliphatic heterocycles. The van der Waals surface area contributed by atoms with Crippen LogP contribution in [0.5, 0.6) is 5.75 Å². The smallest absolute Gasteiger partial charge is 0.387 e. The molecule has 112 valence electrons. The topological polar surface area (TPSA) is 34.1 Å². The molecule has 0 fully saturated rings. The molecule has 0 aliphatic carbocycles. The van der Waals surface area contributed by atoms with Gasteiger partial charge in [0.15, 0.2) is 0 Å². The van der Waals surface area contributed by atoms with Gasteiger partial charge in [0.25, 0.3) is 0 Å². The second kappa shape index (κ2) is 8.05. The van der Waals surface area contributed by atoms with Crippen molar-refractivity contribution in [2.45, 2.75) is 19.6 Å². The van der Waals surface area contributed by atoms with Crippen molar-refractivity contribution in [3.05, 3.63) is 58.3 Å². The summed E-state index contributed by atoms with van der Waals surface area (Å²) in [5, 5.41) is 3.22. The first-order chi connectivity index (χ1) is 10.1. The Morgan fingerprint density at radius 2 is 1.95 bits per heavy atom. The molecule has 0 radical (unpaired) electrons. The third-order valence-corrected chi connectivity index (χ3v) is 3.39. The minimum atomic E-state index is -2.82. The highest BCUT2D eigenvalue weighted by Crippen LogP contribution is 2.24. The van der Waals surface area contributed by atoms with Gasteiger partial charge >= 0.3 is 6.61 Å². The Morgan fingerprint density at radius 3 is 2.67 bits per heavy atom. The van der Waals surface area contributed by atoms with E-state index in [0.29, 0.717) is 12.1 Å². The predicted octanol–water partition coefficient (Wildman–Crippen LogP) is 3.78. The standard InChI is InChI=1S/C15H15BrF2N2O/c16-13-1-2-14(21-15(17)18)12(9-13)10-20-8-5-11-3-6-19-7-4-11/h1-4,6-7,9,15,20H,5,8,10H2. The molecule has 1 aromatic carbocycles. The highest BCUT2D eigenvalue weighted by molar-refractivity contribution is 9.10. The van der Waals surface area contributed by atoms with Crippen LogP contribution in [0.4, 0.5) is 8.78 Å². The summed E-state index contributed by atoms with van der Waals surface area (Å²) in [5.74, 6) is 0.199. The highest BCUT2D eigenvalue weighted by atomic mass is 79.9. The van der Waals surface area contributed by atoms with Crippen molar-refractivity contribution in [2.24, 2.45) is 0 Å². The van der Waals surface area contributed by atoms with Gasteiger partial charge in [-0.3, -0.25) is 4.98 Å². The number of aromatic nitrogens is 1. The largest absolute Gasteiger partial charge is 0.434 e. The third-order valence-electron chi connectivity index (χ3n) is 2.89. The summed E-state index contributed by atoms with van der Waals surface area (Å²) in [7, 11) is 0. The molecule has 0 bridgehead atoms. The quantitative estimate of drug-likeness (QED) is 0.766. The van der Waals surface area contributed by atoms with Gasteiger partial charge in [0.2, 0.25) is 0 Å². The summed E-state index contributed by atoms with van der Waals surface area (Å²) < 4.78 is 30.0. The van der Waals surface area contributed by atoms with E-state index in [1.165, 1.54) is 11.6 Å². The van der Waals surface area contributed by atoms with Gasteiger partial charge in [0.05, 0.1) is 0 Å². The van der Waals surface area contributed by atoms with Gasteiger partial charge in [-0.2, -0.15) is 8.78 Å². The molecule has 0 amide bonds. The van der Waals surface area contributed by atoms with Gasteiger partial charge in [-0.05, 0) is 48.9 Å². The molecule has 2 rings (SSSR count). The maximum atomic E-state index is 12.4. The van der Waals surface area contributed by atoms with E-state index in [2.05, 4.69) is 31.0 Å². The third kappa shape index (κ3) is 5.40. The maximum Gasteiger partial charge on any atom is 0.387 e. The summed E-state index contributed by atoms with van der Waals surface area (Å²) in [6, 6.07) is 8.89. The molecular weight excluding hydrogens is 342 g/mol. The van der Waals surface area contributed by atoms with Crippen LogP contribution in [-0.2, 0) is 13.0 Å². The second-order valence-electron chi connectivity index (χ2n) is 4.41. The van der Waals surface area contributed by atoms with E-state index in [0.717, 1.165) is 17.4 Å². The number of rotatable bonds is 7. The fourth-order valence-electron chi connectivity index (χ4n) is 1.90. The maximum absolute atomic E-state index is 12.4. The van der Waals surface area contributed by atoms with Crippen molar-refractivity contribution in [3.8, 4) is 5.75 Å². The number of nitrogens with zero attached hydrogens (tertiary/aromatic N) is 1. The summed E-state index contributed by atoms with van der Waals surface area (Å²) in [4.78, 5) is 3.96. The zero-order valence-electron chi connectivity index (χ0n) is 11.2. The van der Waals surface area contributed by atoms with E-state index in [1.807, 2.05) is 12.1 Å². The van der Waals surface area contributed by atoms with E-state index in [1.54, 1.807) is 24.5 Å². The van der Waals surface area contributed by atoms with Crippen LogP contribution in [0.1, 0.15) is 11.1 Å². The van der Waals surface area contributed by atoms with E-state index in [-0.39, 0.29) is 5.75 Å². The van der Waals surface area contributed by atoms with Crippen molar-refractivity contribution in [1.82, 2.24) is 10.3 Å². The number of halogens is 3. The van der Waals surface area contributed by atoms with E-state index in [9.17, 15) is 8.78 Å². The Kier molecular flexibility index (Phi) is 6.07. The molecule has 1 heterocycles.